The average molecular weight is 385 g/mol. The van der Waals surface area contributed by atoms with Gasteiger partial charge in [0.25, 0.3) is 0 Å². The van der Waals surface area contributed by atoms with Crippen LogP contribution in [-0.4, -0.2) is 40.0 Å². The van der Waals surface area contributed by atoms with Gasteiger partial charge in [0.2, 0.25) is 5.91 Å². The van der Waals surface area contributed by atoms with E-state index in [9.17, 15) is 18.0 Å². The summed E-state index contributed by atoms with van der Waals surface area (Å²) >= 11 is 0. The molecule has 1 aromatic carbocycles. The minimum Gasteiger partial charge on any atom is -0.497 e. The Morgan fingerprint density at radius 3 is 2.76 bits per heavy atom. The van der Waals surface area contributed by atoms with Gasteiger partial charge in [-0.05, 0) is 34.9 Å². The predicted molar refractivity (Wildman–Crippen MR) is 97.7 cm³/mol. The van der Waals surface area contributed by atoms with Crippen molar-refractivity contribution in [2.75, 3.05) is 25.7 Å². The van der Waals surface area contributed by atoms with Crippen LogP contribution in [0.25, 0.3) is 11.0 Å². The van der Waals surface area contributed by atoms with E-state index in [-0.39, 0.29) is 18.1 Å². The smallest absolute Gasteiger partial charge is 0.336 e. The molecule has 0 saturated heterocycles. The van der Waals surface area contributed by atoms with Crippen molar-refractivity contribution in [2.45, 2.75) is 12.8 Å². The maximum Gasteiger partial charge on any atom is 0.336 e. The van der Waals surface area contributed by atoms with Gasteiger partial charge in [-0.2, -0.15) is 0 Å². The van der Waals surface area contributed by atoms with Crippen LogP contribution < -0.4 is 15.7 Å². The summed E-state index contributed by atoms with van der Waals surface area (Å²) in [5.41, 5.74) is 0.726. The number of hydrogen-bond donors (Lipinski definition) is 1. The quantitative estimate of drug-likeness (QED) is 0.543. The molecule has 9 heteroatoms. The van der Waals surface area contributed by atoms with Gasteiger partial charge in [-0.3, -0.25) is 4.79 Å². The summed E-state index contributed by atoms with van der Waals surface area (Å²) in [6.07, 6.45) is 1.68. The number of carbonyl (C=O) groups is 1. The lowest BCUT2D eigenvalue weighted by Crippen LogP contribution is -2.26. The van der Waals surface area contributed by atoms with Crippen molar-refractivity contribution >= 4 is 36.5 Å². The highest BCUT2D eigenvalue weighted by Crippen LogP contribution is 2.22. The first-order chi connectivity index (χ1) is 11.8. The van der Waals surface area contributed by atoms with E-state index in [0.29, 0.717) is 24.3 Å². The van der Waals surface area contributed by atoms with Crippen LogP contribution in [0.1, 0.15) is 12.0 Å². The molecule has 0 aliphatic rings. The van der Waals surface area contributed by atoms with E-state index < -0.39 is 14.5 Å². The fourth-order valence-corrected chi connectivity index (χ4v) is 3.98. The lowest BCUT2D eigenvalue weighted by molar-refractivity contribution is -0.120. The van der Waals surface area contributed by atoms with Crippen molar-refractivity contribution in [3.05, 3.63) is 40.2 Å². The number of rotatable bonds is 8. The van der Waals surface area contributed by atoms with Gasteiger partial charge in [-0.1, -0.05) is 0 Å². The molecular formula is C16H19NO6S2. The number of ether oxygens (including phenoxy) is 1. The van der Waals surface area contributed by atoms with E-state index in [1.165, 1.54) is 13.2 Å². The zero-order chi connectivity index (χ0) is 18.4. The summed E-state index contributed by atoms with van der Waals surface area (Å²) in [7, 11) is -0.864. The van der Waals surface area contributed by atoms with Gasteiger partial charge < -0.3 is 14.5 Å². The lowest BCUT2D eigenvalue weighted by atomic mass is 10.1. The fourth-order valence-electron chi connectivity index (χ4n) is 2.25. The van der Waals surface area contributed by atoms with Crippen LogP contribution in [0.2, 0.25) is 0 Å². The van der Waals surface area contributed by atoms with E-state index in [4.69, 9.17) is 9.15 Å². The number of carbonyl (C=O) groups excluding carboxylic acids is 1. The van der Waals surface area contributed by atoms with E-state index in [0.717, 1.165) is 28.0 Å². The van der Waals surface area contributed by atoms with Crippen molar-refractivity contribution in [1.29, 1.82) is 0 Å². The number of hydrogen-bond acceptors (Lipinski definition) is 7. The third kappa shape index (κ3) is 6.09. The van der Waals surface area contributed by atoms with E-state index >= 15 is 0 Å². The molecule has 0 fully saturated rings. The van der Waals surface area contributed by atoms with Crippen molar-refractivity contribution < 1.29 is 22.4 Å². The molecule has 1 heterocycles. The fraction of sp³-hybridized carbons (Fsp3) is 0.375. The second-order valence-electron chi connectivity index (χ2n) is 5.33. The van der Waals surface area contributed by atoms with Crippen LogP contribution in [-0.2, 0) is 20.1 Å². The van der Waals surface area contributed by atoms with Gasteiger partial charge in [0, 0.05) is 42.5 Å². The molecule has 0 aliphatic heterocycles. The summed E-state index contributed by atoms with van der Waals surface area (Å²) < 4.78 is 32.3. The predicted octanol–water partition coefficient (Wildman–Crippen LogP) is 1.54. The Balaban J connectivity index is 1.96. The first kappa shape index (κ1) is 19.3. The summed E-state index contributed by atoms with van der Waals surface area (Å²) in [4.78, 5) is 23.4. The van der Waals surface area contributed by atoms with Crippen molar-refractivity contribution in [3.63, 3.8) is 0 Å². The normalized spacial score (nSPS) is 11.4. The molecular weight excluding hydrogens is 366 g/mol. The monoisotopic (exact) mass is 385 g/mol. The summed E-state index contributed by atoms with van der Waals surface area (Å²) in [5, 5.41) is 3.50. The van der Waals surface area contributed by atoms with Gasteiger partial charge >= 0.3 is 5.63 Å². The highest BCUT2D eigenvalue weighted by Gasteiger charge is 2.09. The molecule has 0 bridgehead atoms. The molecule has 0 aliphatic carbocycles. The number of methoxy groups -OCH3 is 1. The molecule has 1 aromatic heterocycles. The summed E-state index contributed by atoms with van der Waals surface area (Å²) in [5.74, 6) is 0.567. The van der Waals surface area contributed by atoms with Crippen LogP contribution in [0.3, 0.4) is 0 Å². The van der Waals surface area contributed by atoms with Gasteiger partial charge in [0.1, 0.15) is 11.3 Å². The highest BCUT2D eigenvalue weighted by atomic mass is 33.1. The summed E-state index contributed by atoms with van der Waals surface area (Å²) in [6, 6.07) is 6.62. The average Bonchev–Trinajstić information content (AvgIpc) is 2.52. The number of fused-ring (bicyclic) bond motifs is 1. The molecule has 1 N–H and O–H groups in total. The molecule has 0 spiro atoms. The Morgan fingerprint density at radius 2 is 2.08 bits per heavy atom. The first-order valence-corrected chi connectivity index (χ1v) is 10.9. The molecule has 25 heavy (non-hydrogen) atoms. The molecule has 1 amide bonds. The Morgan fingerprint density at radius 1 is 1.32 bits per heavy atom. The molecule has 0 saturated carbocycles. The molecule has 7 nitrogen and oxygen atoms in total. The number of nitrogens with one attached hydrogen (secondary N) is 1. The second kappa shape index (κ2) is 8.39. The van der Waals surface area contributed by atoms with Crippen molar-refractivity contribution in [1.82, 2.24) is 5.32 Å². The Labute approximate surface area is 149 Å². The summed E-state index contributed by atoms with van der Waals surface area (Å²) in [6.45, 7) is 0.340. The van der Waals surface area contributed by atoms with Gasteiger partial charge in [-0.15, -0.1) is 0 Å². The molecule has 0 atom stereocenters. The van der Waals surface area contributed by atoms with E-state index in [1.807, 2.05) is 0 Å². The standard InChI is InChI=1S/C16H19NO6S2/c1-22-12-3-4-13-11(9-16(19)23-14(13)10-12)5-7-17-15(18)6-8-24-25(2,20)21/h3-4,9-10H,5-8H2,1-2H3,(H,17,18). The minimum absolute atomic E-state index is 0.118. The minimum atomic E-state index is -3.14. The lowest BCUT2D eigenvalue weighted by Gasteiger charge is -2.08. The number of amides is 1. The maximum atomic E-state index is 11.7. The van der Waals surface area contributed by atoms with Gasteiger partial charge in [-0.25, -0.2) is 13.2 Å². The zero-order valence-corrected chi connectivity index (χ0v) is 15.5. The van der Waals surface area contributed by atoms with Crippen LogP contribution in [0.15, 0.2) is 33.5 Å². The van der Waals surface area contributed by atoms with Crippen LogP contribution in [0.4, 0.5) is 0 Å². The SMILES string of the molecule is COc1ccc2c(CCNC(=O)CCSS(C)(=O)=O)cc(=O)oc2c1. The van der Waals surface area contributed by atoms with Crippen LogP contribution in [0.5, 0.6) is 5.75 Å². The first-order valence-electron chi connectivity index (χ1n) is 7.50. The maximum absolute atomic E-state index is 11.7. The topological polar surface area (TPSA) is 103 Å². The zero-order valence-electron chi connectivity index (χ0n) is 13.9. The third-order valence-electron chi connectivity index (χ3n) is 3.38. The Bertz CT molecular complexity index is 920. The largest absolute Gasteiger partial charge is 0.497 e. The number of benzene rings is 1. The highest BCUT2D eigenvalue weighted by molar-refractivity contribution is 8.71. The Kier molecular flexibility index (Phi) is 6.49. The van der Waals surface area contributed by atoms with Gasteiger partial charge in [0.05, 0.1) is 7.11 Å². The van der Waals surface area contributed by atoms with Crippen molar-refractivity contribution in [3.8, 4) is 5.75 Å². The molecule has 2 rings (SSSR count). The molecule has 0 unspecified atom stereocenters. The molecule has 0 radical (unpaired) electrons. The second-order valence-corrected chi connectivity index (χ2v) is 9.90. The van der Waals surface area contributed by atoms with Gasteiger partial charge in [0.15, 0.2) is 8.87 Å². The molecule has 2 aromatic rings. The van der Waals surface area contributed by atoms with E-state index in [1.54, 1.807) is 18.2 Å². The van der Waals surface area contributed by atoms with E-state index in [2.05, 4.69) is 5.32 Å². The molecule has 136 valence electrons. The van der Waals surface area contributed by atoms with Crippen molar-refractivity contribution in [2.24, 2.45) is 0 Å². The Hall–Kier alpha value is -2.00. The third-order valence-corrected chi connectivity index (χ3v) is 5.96. The van der Waals surface area contributed by atoms with Crippen LogP contribution in [0, 0.1) is 0 Å². The van der Waals surface area contributed by atoms with Crippen LogP contribution >= 0.6 is 10.8 Å².